The Hall–Kier alpha value is -3.36. The van der Waals surface area contributed by atoms with Crippen LogP contribution in [0.25, 0.3) is 0 Å². The lowest BCUT2D eigenvalue weighted by Gasteiger charge is -2.48. The summed E-state index contributed by atoms with van der Waals surface area (Å²) in [5.74, 6) is -1.82. The highest BCUT2D eigenvalue weighted by Gasteiger charge is 2.53. The van der Waals surface area contributed by atoms with E-state index in [1.807, 2.05) is 0 Å². The summed E-state index contributed by atoms with van der Waals surface area (Å²) in [7, 11) is 0. The molecule has 2 aliphatic heterocycles. The van der Waals surface area contributed by atoms with E-state index < -0.39 is 116 Å². The van der Waals surface area contributed by atoms with Gasteiger partial charge in [0.1, 0.15) is 67.1 Å². The van der Waals surface area contributed by atoms with E-state index in [9.17, 15) is 35.7 Å². The lowest BCUT2D eigenvalue weighted by Crippen LogP contribution is -2.67. The van der Waals surface area contributed by atoms with Gasteiger partial charge in [-0.05, 0) is 6.42 Å². The zero-order chi connectivity index (χ0) is 33.7. The van der Waals surface area contributed by atoms with Crippen LogP contribution < -0.4 is 45.5 Å². The van der Waals surface area contributed by atoms with Crippen molar-refractivity contribution in [3.05, 3.63) is 0 Å². The van der Waals surface area contributed by atoms with Gasteiger partial charge in [-0.25, -0.2) is 9.98 Å². The molecule has 23 N–H and O–H groups in total. The summed E-state index contributed by atoms with van der Waals surface area (Å²) >= 11 is 0. The molecule has 45 heavy (non-hydrogen) atoms. The van der Waals surface area contributed by atoms with Crippen LogP contribution in [0.1, 0.15) is 6.42 Å². The minimum absolute atomic E-state index is 0.165. The molecule has 0 bridgehead atoms. The fourth-order valence-corrected chi connectivity index (χ4v) is 5.38. The third-order valence-corrected chi connectivity index (χ3v) is 7.45. The van der Waals surface area contributed by atoms with Gasteiger partial charge >= 0.3 is 0 Å². The van der Waals surface area contributed by atoms with Crippen LogP contribution in [0.5, 0.6) is 0 Å². The molecule has 0 radical (unpaired) electrons. The lowest BCUT2D eigenvalue weighted by atomic mass is 9.83. The molecule has 2 heterocycles. The number of aliphatic hydroxyl groups excluding tert-OH is 7. The van der Waals surface area contributed by atoms with Crippen molar-refractivity contribution in [2.45, 2.75) is 98.2 Å². The van der Waals surface area contributed by atoms with Crippen molar-refractivity contribution in [1.29, 1.82) is 5.41 Å². The van der Waals surface area contributed by atoms with Crippen molar-refractivity contribution in [3.63, 3.8) is 0 Å². The topological polar surface area (TPSA) is 434 Å². The normalized spacial score (nSPS) is 41.8. The second kappa shape index (κ2) is 15.3. The maximum absolute atomic E-state index is 11.6. The van der Waals surface area contributed by atoms with Gasteiger partial charge in [0, 0.05) is 0 Å². The Balaban J connectivity index is 1.96. The Morgan fingerprint density at radius 1 is 0.711 bits per heavy atom. The predicted molar refractivity (Wildman–Crippen MR) is 154 cm³/mol. The van der Waals surface area contributed by atoms with E-state index in [1.54, 1.807) is 0 Å². The number of aliphatic hydroxyl groups is 7. The van der Waals surface area contributed by atoms with Crippen LogP contribution in [0.15, 0.2) is 15.0 Å². The van der Waals surface area contributed by atoms with Gasteiger partial charge in [-0.1, -0.05) is 0 Å². The summed E-state index contributed by atoms with van der Waals surface area (Å²) in [6, 6.07) is -3.62. The minimum Gasteiger partial charge on any atom is -0.394 e. The number of nitrogens with one attached hydrogen (secondary N) is 2. The van der Waals surface area contributed by atoms with Gasteiger partial charge in [0.15, 0.2) is 36.4 Å². The van der Waals surface area contributed by atoms with Crippen LogP contribution >= 0.6 is 0 Å². The van der Waals surface area contributed by atoms with Gasteiger partial charge < -0.3 is 100 Å². The second-order valence-electron chi connectivity index (χ2n) is 10.7. The van der Waals surface area contributed by atoms with Crippen LogP contribution in [0.4, 0.5) is 0 Å². The highest BCUT2D eigenvalue weighted by atomic mass is 16.7. The van der Waals surface area contributed by atoms with E-state index in [0.29, 0.717) is 0 Å². The second-order valence-corrected chi connectivity index (χ2v) is 10.7. The molecule has 0 amide bonds. The molecule has 3 fully saturated rings. The molecule has 0 unspecified atom stereocenters. The first-order valence-electron chi connectivity index (χ1n) is 13.7. The molecule has 0 spiro atoms. The van der Waals surface area contributed by atoms with Crippen LogP contribution in [0, 0.1) is 5.41 Å². The molecule has 23 heteroatoms. The quantitative estimate of drug-likeness (QED) is 0.0769. The van der Waals surface area contributed by atoms with Crippen LogP contribution in [-0.2, 0) is 18.9 Å². The van der Waals surface area contributed by atoms with E-state index in [2.05, 4.69) is 20.3 Å². The van der Waals surface area contributed by atoms with Crippen molar-refractivity contribution in [3.8, 4) is 0 Å². The molecule has 258 valence electrons. The van der Waals surface area contributed by atoms with Gasteiger partial charge in [-0.3, -0.25) is 10.4 Å². The van der Waals surface area contributed by atoms with Gasteiger partial charge in [0.25, 0.3) is 0 Å². The Morgan fingerprint density at radius 2 is 1.29 bits per heavy atom. The molecule has 0 aromatic carbocycles. The molecular formula is C22H44N12O11. The molecule has 3 rings (SSSR count). The first kappa shape index (κ1) is 36.1. The maximum Gasteiger partial charge on any atom is 0.187 e. The van der Waals surface area contributed by atoms with E-state index in [1.165, 1.54) is 0 Å². The third-order valence-electron chi connectivity index (χ3n) is 7.45. The average Bonchev–Trinajstić information content (AvgIpc) is 2.94. The first-order chi connectivity index (χ1) is 21.0. The highest BCUT2D eigenvalue weighted by molar-refractivity contribution is 5.77. The van der Waals surface area contributed by atoms with E-state index in [-0.39, 0.29) is 18.9 Å². The van der Waals surface area contributed by atoms with Crippen molar-refractivity contribution in [2.75, 3.05) is 13.2 Å². The number of hydrogen-bond donors (Lipinski definition) is 16. The summed E-state index contributed by atoms with van der Waals surface area (Å²) < 4.78 is 23.0. The first-order valence-corrected chi connectivity index (χ1v) is 13.7. The monoisotopic (exact) mass is 652 g/mol. The van der Waals surface area contributed by atoms with E-state index >= 15 is 0 Å². The minimum atomic E-state index is -1.86. The lowest BCUT2D eigenvalue weighted by molar-refractivity contribution is -0.332. The van der Waals surface area contributed by atoms with Crippen molar-refractivity contribution < 1.29 is 54.7 Å². The van der Waals surface area contributed by atoms with Gasteiger partial charge in [-0.15, -0.1) is 0 Å². The number of nitrogens with two attached hydrogens (primary N) is 7. The third kappa shape index (κ3) is 8.67. The SMILES string of the molecule is N=C(N)N[C@@H]1C[C@H](N=C(N)N)[C@@H](O[C@H]2O[C@H](CN=C(N)N)[C@@H](O)[C@H](O)[C@H]2O)[C@H](O)[C@H]1O[C@H]1O[C@H](CO)[C@@H](O)[C@H](N=C(N)N)[C@H]1O. The number of rotatable bonds is 10. The fourth-order valence-electron chi connectivity index (χ4n) is 5.38. The largest absolute Gasteiger partial charge is 0.394 e. The highest BCUT2D eigenvalue weighted by Crippen LogP contribution is 2.34. The smallest absolute Gasteiger partial charge is 0.187 e. The van der Waals surface area contributed by atoms with Gasteiger partial charge in [0.05, 0.1) is 25.2 Å². The van der Waals surface area contributed by atoms with Crippen molar-refractivity contribution in [2.24, 2.45) is 55.1 Å². The molecular weight excluding hydrogens is 608 g/mol. The predicted octanol–water partition coefficient (Wildman–Crippen LogP) is -9.82. The molecule has 0 aromatic heterocycles. The van der Waals surface area contributed by atoms with Crippen LogP contribution in [0.3, 0.4) is 0 Å². The molecule has 1 aliphatic carbocycles. The Morgan fingerprint density at radius 3 is 1.84 bits per heavy atom. The number of hydrogen-bond acceptors (Lipinski definition) is 15. The zero-order valence-corrected chi connectivity index (χ0v) is 23.9. The summed E-state index contributed by atoms with van der Waals surface area (Å²) in [5, 5.41) is 84.7. The molecule has 23 nitrogen and oxygen atoms in total. The van der Waals surface area contributed by atoms with Gasteiger partial charge in [-0.2, -0.15) is 0 Å². The van der Waals surface area contributed by atoms with Crippen LogP contribution in [-0.4, -0.2) is 164 Å². The molecule has 0 aromatic rings. The number of aliphatic imine (C=N–C) groups is 3. The van der Waals surface area contributed by atoms with Crippen molar-refractivity contribution in [1.82, 2.24) is 5.32 Å². The number of ether oxygens (including phenoxy) is 4. The summed E-state index contributed by atoms with van der Waals surface area (Å²) in [4.78, 5) is 11.6. The molecule has 2 saturated heterocycles. The maximum atomic E-state index is 11.6. The summed E-state index contributed by atoms with van der Waals surface area (Å²) in [5.41, 5.74) is 38.4. The summed E-state index contributed by atoms with van der Waals surface area (Å²) in [6.07, 6.45) is -19.5. The van der Waals surface area contributed by atoms with E-state index in [0.717, 1.165) is 0 Å². The molecule has 3 aliphatic rings. The number of nitrogens with zero attached hydrogens (tertiary/aromatic N) is 3. The summed E-state index contributed by atoms with van der Waals surface area (Å²) in [6.45, 7) is -1.07. The molecule has 15 atom stereocenters. The Kier molecular flexibility index (Phi) is 12.3. The van der Waals surface area contributed by atoms with Gasteiger partial charge in [0.2, 0.25) is 0 Å². The zero-order valence-electron chi connectivity index (χ0n) is 23.9. The Bertz CT molecular complexity index is 1090. The van der Waals surface area contributed by atoms with Crippen LogP contribution in [0.2, 0.25) is 0 Å². The molecule has 1 saturated carbocycles. The average molecular weight is 653 g/mol. The van der Waals surface area contributed by atoms with Crippen molar-refractivity contribution >= 4 is 23.8 Å². The van der Waals surface area contributed by atoms with E-state index in [4.69, 9.17) is 64.5 Å². The standard InChI is InChI=1S/C22H44N12O11/c23-19(24)31-2-6-10(37)12(39)13(40)18(42-6)45-16-5(33-21(27)28)1-4(32-20(25)26)15(14(16)41)44-17-11(38)8(34-22(29)30)9(36)7(3-35)43-17/h4-18,35-41H,1-3H2,(H4,23,24,31)(H4,25,26,32)(H4,27,28,33)(H4,29,30,34)/t4-,5+,6-,7-,8+,9-,10-,11-,12+,13-,14-,15+,16-,17-,18-/m1/s1. The Labute approximate surface area is 256 Å². The number of guanidine groups is 4. The fraction of sp³-hybridized carbons (Fsp3) is 0.818.